The molecule has 0 spiro atoms. The van der Waals surface area contributed by atoms with E-state index < -0.39 is 11.9 Å². The Kier molecular flexibility index (Phi) is 7.13. The predicted molar refractivity (Wildman–Crippen MR) is 85.2 cm³/mol. The summed E-state index contributed by atoms with van der Waals surface area (Å²) in [5, 5.41) is 20.4. The predicted octanol–water partition coefficient (Wildman–Crippen LogP) is 3.35. The van der Waals surface area contributed by atoms with Crippen LogP contribution >= 0.6 is 11.8 Å². The first-order valence-corrected chi connectivity index (χ1v) is 8.20. The molecule has 0 aromatic rings. The van der Waals surface area contributed by atoms with Crippen molar-refractivity contribution in [3.05, 3.63) is 12.2 Å². The van der Waals surface area contributed by atoms with Crippen molar-refractivity contribution in [2.45, 2.75) is 45.3 Å². The van der Waals surface area contributed by atoms with Gasteiger partial charge >= 0.3 is 5.97 Å². The minimum absolute atomic E-state index is 0.315. The highest BCUT2D eigenvalue weighted by atomic mass is 32.2. The van der Waals surface area contributed by atoms with E-state index in [1.165, 1.54) is 18.2 Å². The van der Waals surface area contributed by atoms with Crippen molar-refractivity contribution >= 4 is 22.9 Å². The molecule has 0 saturated carbocycles. The molecule has 1 aliphatic rings. The van der Waals surface area contributed by atoms with Crippen LogP contribution in [0.25, 0.3) is 0 Å². The van der Waals surface area contributed by atoms with Crippen LogP contribution in [-0.2, 0) is 4.79 Å². The Hall–Kier alpha value is -0.970. The van der Waals surface area contributed by atoms with Gasteiger partial charge in [-0.3, -0.25) is 10.2 Å². The molecule has 20 heavy (non-hydrogen) atoms. The fourth-order valence-electron chi connectivity index (χ4n) is 2.58. The minimum atomic E-state index is -0.827. The first kappa shape index (κ1) is 17.1. The molecule has 0 aromatic heterocycles. The Balaban J connectivity index is 2.40. The standard InChI is InChI=1S/C15H26N2O2S/c1-4-12-7-5-6-8-13(12)11(3)20-15(16)17-9-10(2)14(18)19/h5-6,10-13H,4,7-9H2,1-3H3,(H2,16,17)(H,18,19)/t10?,11?,12-,13-/m1/s1. The van der Waals surface area contributed by atoms with Crippen molar-refractivity contribution in [3.63, 3.8) is 0 Å². The van der Waals surface area contributed by atoms with E-state index in [9.17, 15) is 4.79 Å². The maximum Gasteiger partial charge on any atom is 0.308 e. The number of aliphatic carboxylic acids is 1. The van der Waals surface area contributed by atoms with Crippen LogP contribution in [-0.4, -0.2) is 28.0 Å². The third-order valence-electron chi connectivity index (χ3n) is 4.04. The van der Waals surface area contributed by atoms with Crippen molar-refractivity contribution in [3.8, 4) is 0 Å². The van der Waals surface area contributed by atoms with Gasteiger partial charge in [0.15, 0.2) is 5.17 Å². The molecule has 4 nitrogen and oxygen atoms in total. The molecule has 3 N–H and O–H groups in total. The highest BCUT2D eigenvalue weighted by Crippen LogP contribution is 2.35. The molecule has 0 aromatic carbocycles. The van der Waals surface area contributed by atoms with Crippen LogP contribution in [0, 0.1) is 23.2 Å². The molecule has 0 fully saturated rings. The van der Waals surface area contributed by atoms with E-state index in [2.05, 4.69) is 31.3 Å². The van der Waals surface area contributed by atoms with Gasteiger partial charge in [-0.05, 0) is 24.7 Å². The van der Waals surface area contributed by atoms with E-state index in [0.717, 1.165) is 12.8 Å². The van der Waals surface area contributed by atoms with E-state index in [0.29, 0.717) is 28.8 Å². The molecule has 0 heterocycles. The van der Waals surface area contributed by atoms with Gasteiger partial charge in [-0.25, -0.2) is 0 Å². The first-order chi connectivity index (χ1) is 9.45. The molecule has 1 rings (SSSR count). The number of hydrogen-bond donors (Lipinski definition) is 3. The van der Waals surface area contributed by atoms with Crippen LogP contribution < -0.4 is 5.32 Å². The molecule has 1 aliphatic carbocycles. The summed E-state index contributed by atoms with van der Waals surface area (Å²) in [6.45, 7) is 6.37. The van der Waals surface area contributed by atoms with Crippen LogP contribution in [0.2, 0.25) is 0 Å². The van der Waals surface area contributed by atoms with Crippen molar-refractivity contribution in [2.75, 3.05) is 6.54 Å². The van der Waals surface area contributed by atoms with E-state index >= 15 is 0 Å². The fourth-order valence-corrected chi connectivity index (χ4v) is 3.63. The SMILES string of the molecule is CC[C@@H]1CC=CC[C@@H]1C(C)SC(=N)NCC(C)C(=O)O. The second-order valence-electron chi connectivity index (χ2n) is 5.55. The van der Waals surface area contributed by atoms with Crippen LogP contribution in [0.1, 0.15) is 40.0 Å². The number of carbonyl (C=O) groups is 1. The molecular weight excluding hydrogens is 272 g/mol. The molecular formula is C15H26N2O2S. The highest BCUT2D eigenvalue weighted by molar-refractivity contribution is 8.14. The second kappa shape index (κ2) is 8.35. The molecule has 0 aliphatic heterocycles. The van der Waals surface area contributed by atoms with E-state index in [1.54, 1.807) is 6.92 Å². The Morgan fingerprint density at radius 1 is 1.45 bits per heavy atom. The summed E-state index contributed by atoms with van der Waals surface area (Å²) in [6.07, 6.45) is 7.92. The van der Waals surface area contributed by atoms with Gasteiger partial charge in [0.25, 0.3) is 0 Å². The van der Waals surface area contributed by atoms with Gasteiger partial charge in [-0.2, -0.15) is 0 Å². The molecule has 0 bridgehead atoms. The topological polar surface area (TPSA) is 73.2 Å². The number of amidine groups is 1. The summed E-state index contributed by atoms with van der Waals surface area (Å²) in [4.78, 5) is 10.7. The Labute approximate surface area is 125 Å². The summed E-state index contributed by atoms with van der Waals surface area (Å²) in [7, 11) is 0. The average molecular weight is 298 g/mol. The first-order valence-electron chi connectivity index (χ1n) is 7.32. The molecule has 5 heteroatoms. The normalized spacial score (nSPS) is 24.9. The summed E-state index contributed by atoms with van der Waals surface area (Å²) < 4.78 is 0. The fraction of sp³-hybridized carbons (Fsp3) is 0.733. The Bertz CT molecular complexity index is 371. The molecule has 0 saturated heterocycles. The lowest BCUT2D eigenvalue weighted by atomic mass is 9.80. The highest BCUT2D eigenvalue weighted by Gasteiger charge is 2.27. The minimum Gasteiger partial charge on any atom is -0.481 e. The zero-order valence-corrected chi connectivity index (χ0v) is 13.4. The van der Waals surface area contributed by atoms with Crippen LogP contribution in [0.4, 0.5) is 0 Å². The maximum atomic E-state index is 10.7. The quantitative estimate of drug-likeness (QED) is 0.399. The van der Waals surface area contributed by atoms with Crippen LogP contribution in [0.3, 0.4) is 0 Å². The van der Waals surface area contributed by atoms with Gasteiger partial charge in [0.05, 0.1) is 5.92 Å². The number of carboxylic acids is 1. The van der Waals surface area contributed by atoms with Gasteiger partial charge in [-0.1, -0.05) is 51.1 Å². The zero-order valence-electron chi connectivity index (χ0n) is 12.6. The van der Waals surface area contributed by atoms with Gasteiger partial charge in [0, 0.05) is 11.8 Å². The molecule has 0 radical (unpaired) electrons. The van der Waals surface area contributed by atoms with Gasteiger partial charge < -0.3 is 10.4 Å². The molecule has 4 atom stereocenters. The number of carboxylic acid groups (broad SMARTS) is 1. The smallest absolute Gasteiger partial charge is 0.308 e. The summed E-state index contributed by atoms with van der Waals surface area (Å²) in [5.74, 6) is 0.0152. The van der Waals surface area contributed by atoms with E-state index in [-0.39, 0.29) is 0 Å². The second-order valence-corrected chi connectivity index (χ2v) is 6.93. The molecule has 114 valence electrons. The van der Waals surface area contributed by atoms with Gasteiger partial charge in [-0.15, -0.1) is 0 Å². The number of nitrogens with one attached hydrogen (secondary N) is 2. The summed E-state index contributed by atoms with van der Waals surface area (Å²) in [5.41, 5.74) is 0. The van der Waals surface area contributed by atoms with Crippen molar-refractivity contribution < 1.29 is 9.90 Å². The molecule has 0 amide bonds. The number of hydrogen-bond acceptors (Lipinski definition) is 3. The van der Waals surface area contributed by atoms with E-state index in [4.69, 9.17) is 10.5 Å². The zero-order chi connectivity index (χ0) is 15.1. The lowest BCUT2D eigenvalue weighted by Gasteiger charge is -2.32. The number of rotatable bonds is 6. The lowest BCUT2D eigenvalue weighted by molar-refractivity contribution is -0.140. The summed E-state index contributed by atoms with van der Waals surface area (Å²) in [6, 6.07) is 0. The van der Waals surface area contributed by atoms with Crippen molar-refractivity contribution in [2.24, 2.45) is 17.8 Å². The van der Waals surface area contributed by atoms with Crippen molar-refractivity contribution in [1.29, 1.82) is 5.41 Å². The Morgan fingerprint density at radius 3 is 2.70 bits per heavy atom. The Morgan fingerprint density at radius 2 is 2.10 bits per heavy atom. The number of thioether (sulfide) groups is 1. The maximum absolute atomic E-state index is 10.7. The molecule has 2 unspecified atom stereocenters. The lowest BCUT2D eigenvalue weighted by Crippen LogP contribution is -2.32. The van der Waals surface area contributed by atoms with Gasteiger partial charge in [0.2, 0.25) is 0 Å². The largest absolute Gasteiger partial charge is 0.481 e. The van der Waals surface area contributed by atoms with Crippen molar-refractivity contribution in [1.82, 2.24) is 5.32 Å². The van der Waals surface area contributed by atoms with Crippen LogP contribution in [0.15, 0.2) is 12.2 Å². The monoisotopic (exact) mass is 298 g/mol. The average Bonchev–Trinajstić information content (AvgIpc) is 2.44. The van der Waals surface area contributed by atoms with Gasteiger partial charge in [0.1, 0.15) is 0 Å². The van der Waals surface area contributed by atoms with E-state index in [1.807, 2.05) is 0 Å². The third-order valence-corrected chi connectivity index (χ3v) is 5.14. The van der Waals surface area contributed by atoms with Crippen LogP contribution in [0.5, 0.6) is 0 Å². The number of allylic oxidation sites excluding steroid dienone is 2. The third kappa shape index (κ3) is 5.19. The summed E-state index contributed by atoms with van der Waals surface area (Å²) >= 11 is 1.52.